The van der Waals surface area contributed by atoms with Crippen molar-refractivity contribution < 1.29 is 9.16 Å². The molecule has 1 saturated heterocycles. The summed E-state index contributed by atoms with van der Waals surface area (Å²) in [6.45, 7) is 11.8. The van der Waals surface area contributed by atoms with Crippen LogP contribution in [0.3, 0.4) is 0 Å². The van der Waals surface area contributed by atoms with E-state index in [0.29, 0.717) is 18.1 Å². The van der Waals surface area contributed by atoms with Crippen LogP contribution in [0.5, 0.6) is 0 Å². The smallest absolute Gasteiger partial charge is 0.192 e. The van der Waals surface area contributed by atoms with Crippen molar-refractivity contribution in [2.75, 3.05) is 0 Å². The molecule has 2 bridgehead atoms. The first kappa shape index (κ1) is 18.7. The van der Waals surface area contributed by atoms with E-state index in [2.05, 4.69) is 46.0 Å². The Hall–Kier alpha value is -0.123. The standard InChI is InChI=1S/C21H38O2Si/c1-20(2,3)24(4,5)23-18-16-21-15-13-11-9-7-6-8-10-12-14-17(18)19(21)22-21/h13,15,17-19H,6-12,14,16H2,1-5H3/b15-13+/t17-,18-,19+,21+/m0/s1. The van der Waals surface area contributed by atoms with Crippen molar-refractivity contribution in [2.24, 2.45) is 5.92 Å². The first-order valence-corrected chi connectivity index (χ1v) is 13.2. The lowest BCUT2D eigenvalue weighted by molar-refractivity contribution is 0.0689. The Morgan fingerprint density at radius 1 is 1.04 bits per heavy atom. The van der Waals surface area contributed by atoms with Gasteiger partial charge in [0.1, 0.15) is 5.60 Å². The van der Waals surface area contributed by atoms with Gasteiger partial charge in [0.15, 0.2) is 8.32 Å². The Labute approximate surface area is 150 Å². The summed E-state index contributed by atoms with van der Waals surface area (Å²) in [6.07, 6.45) is 17.5. The molecule has 0 N–H and O–H groups in total. The van der Waals surface area contributed by atoms with Crippen LogP contribution in [0.2, 0.25) is 18.1 Å². The van der Waals surface area contributed by atoms with E-state index in [-0.39, 0.29) is 10.6 Å². The Bertz CT molecular complexity index is 465. The van der Waals surface area contributed by atoms with Crippen molar-refractivity contribution >= 4 is 8.32 Å². The Morgan fingerprint density at radius 2 is 1.71 bits per heavy atom. The summed E-state index contributed by atoms with van der Waals surface area (Å²) >= 11 is 0. The van der Waals surface area contributed by atoms with E-state index >= 15 is 0 Å². The van der Waals surface area contributed by atoms with E-state index in [0.717, 1.165) is 6.42 Å². The fourth-order valence-corrected chi connectivity index (χ4v) is 5.70. The molecule has 3 aliphatic rings. The Morgan fingerprint density at radius 3 is 2.42 bits per heavy atom. The van der Waals surface area contributed by atoms with Gasteiger partial charge in [-0.25, -0.2) is 0 Å². The second-order valence-electron chi connectivity index (χ2n) is 9.88. The number of rotatable bonds is 2. The number of allylic oxidation sites excluding steroid dienone is 1. The molecular formula is C21H38O2Si. The normalized spacial score (nSPS) is 39.3. The molecule has 4 atom stereocenters. The van der Waals surface area contributed by atoms with Crippen LogP contribution in [0.15, 0.2) is 12.2 Å². The lowest BCUT2D eigenvalue weighted by Gasteiger charge is -2.40. The van der Waals surface area contributed by atoms with Crippen LogP contribution >= 0.6 is 0 Å². The number of hydrogen-bond donors (Lipinski definition) is 0. The molecule has 0 unspecified atom stereocenters. The van der Waals surface area contributed by atoms with Crippen molar-refractivity contribution in [1.82, 2.24) is 0 Å². The third-order valence-electron chi connectivity index (χ3n) is 6.97. The van der Waals surface area contributed by atoms with E-state index in [9.17, 15) is 0 Å². The maximum absolute atomic E-state index is 6.88. The zero-order valence-electron chi connectivity index (χ0n) is 16.6. The minimum Gasteiger partial charge on any atom is -0.413 e. The molecule has 0 spiro atoms. The number of ether oxygens (including phenoxy) is 1. The molecular weight excluding hydrogens is 312 g/mol. The lowest BCUT2D eigenvalue weighted by Crippen LogP contribution is -2.45. The predicted molar refractivity (Wildman–Crippen MR) is 104 cm³/mol. The fourth-order valence-electron chi connectivity index (χ4n) is 4.33. The highest BCUT2D eigenvalue weighted by molar-refractivity contribution is 6.74. The summed E-state index contributed by atoms with van der Waals surface area (Å²) in [4.78, 5) is 0. The van der Waals surface area contributed by atoms with Gasteiger partial charge in [-0.1, -0.05) is 65.0 Å². The van der Waals surface area contributed by atoms with Crippen LogP contribution in [-0.2, 0) is 9.16 Å². The van der Waals surface area contributed by atoms with E-state index < -0.39 is 8.32 Å². The van der Waals surface area contributed by atoms with Gasteiger partial charge >= 0.3 is 0 Å². The zero-order chi connectivity index (χ0) is 17.4. The maximum Gasteiger partial charge on any atom is 0.192 e. The molecule has 0 amide bonds. The second kappa shape index (κ2) is 6.89. The van der Waals surface area contributed by atoms with E-state index in [1.54, 1.807) is 0 Å². The molecule has 3 heteroatoms. The lowest BCUT2D eigenvalue weighted by atomic mass is 9.96. The van der Waals surface area contributed by atoms with E-state index in [1.807, 2.05) is 0 Å². The number of epoxide rings is 1. The van der Waals surface area contributed by atoms with Crippen molar-refractivity contribution in [3.05, 3.63) is 12.2 Å². The molecule has 138 valence electrons. The predicted octanol–water partition coefficient (Wildman–Crippen LogP) is 6.22. The van der Waals surface area contributed by atoms with Crippen LogP contribution in [0.1, 0.15) is 78.6 Å². The topological polar surface area (TPSA) is 21.8 Å². The monoisotopic (exact) mass is 350 g/mol. The van der Waals surface area contributed by atoms with Gasteiger partial charge in [-0.3, -0.25) is 0 Å². The van der Waals surface area contributed by atoms with Crippen molar-refractivity contribution in [1.29, 1.82) is 0 Å². The second-order valence-corrected chi connectivity index (χ2v) is 14.6. The highest BCUT2D eigenvalue weighted by Gasteiger charge is 2.67. The molecule has 2 fully saturated rings. The molecule has 0 radical (unpaired) electrons. The van der Waals surface area contributed by atoms with Crippen molar-refractivity contribution in [2.45, 2.75) is 114 Å². The fraction of sp³-hybridized carbons (Fsp3) is 0.905. The van der Waals surface area contributed by atoms with Crippen LogP contribution in [-0.4, -0.2) is 26.1 Å². The Kier molecular flexibility index (Phi) is 5.35. The van der Waals surface area contributed by atoms with Crippen molar-refractivity contribution in [3.63, 3.8) is 0 Å². The number of hydrogen-bond acceptors (Lipinski definition) is 2. The van der Waals surface area contributed by atoms with E-state index in [1.165, 1.54) is 51.4 Å². The molecule has 3 rings (SSSR count). The minimum atomic E-state index is -1.71. The SMILES string of the molecule is CC(C)(C)[Si](C)(C)O[C@H]1C[C@]23/C=C/CCCCCCCC[C@@H]1[C@H]2O3. The average Bonchev–Trinajstić information content (AvgIpc) is 3.09. The van der Waals surface area contributed by atoms with Gasteiger partial charge in [0.05, 0.1) is 12.2 Å². The summed E-state index contributed by atoms with van der Waals surface area (Å²) in [5, 5.41) is 0.287. The molecule has 1 saturated carbocycles. The highest BCUT2D eigenvalue weighted by Crippen LogP contribution is 2.57. The van der Waals surface area contributed by atoms with Gasteiger partial charge in [-0.15, -0.1) is 0 Å². The maximum atomic E-state index is 6.88. The molecule has 2 nitrogen and oxygen atoms in total. The average molecular weight is 351 g/mol. The molecule has 0 aromatic rings. The van der Waals surface area contributed by atoms with Gasteiger partial charge in [0, 0.05) is 12.3 Å². The Balaban J connectivity index is 1.72. The quantitative estimate of drug-likeness (QED) is 0.335. The molecule has 2 aliphatic carbocycles. The summed E-state index contributed by atoms with van der Waals surface area (Å²) in [7, 11) is -1.71. The summed E-state index contributed by atoms with van der Waals surface area (Å²) in [5.41, 5.74) is 0.0335. The summed E-state index contributed by atoms with van der Waals surface area (Å²) < 4.78 is 13.1. The van der Waals surface area contributed by atoms with Gasteiger partial charge in [0.2, 0.25) is 0 Å². The summed E-state index contributed by atoms with van der Waals surface area (Å²) in [5.74, 6) is 0.615. The molecule has 0 aromatic heterocycles. The molecule has 0 aromatic carbocycles. The van der Waals surface area contributed by atoms with Crippen LogP contribution in [0, 0.1) is 5.92 Å². The first-order valence-electron chi connectivity index (χ1n) is 10.3. The van der Waals surface area contributed by atoms with Crippen molar-refractivity contribution in [3.8, 4) is 0 Å². The van der Waals surface area contributed by atoms with Crippen LogP contribution < -0.4 is 0 Å². The highest BCUT2D eigenvalue weighted by atomic mass is 28.4. The largest absolute Gasteiger partial charge is 0.413 e. The van der Waals surface area contributed by atoms with Gasteiger partial charge in [-0.2, -0.15) is 0 Å². The first-order chi connectivity index (χ1) is 11.3. The van der Waals surface area contributed by atoms with Gasteiger partial charge < -0.3 is 9.16 Å². The summed E-state index contributed by atoms with van der Waals surface area (Å²) in [6, 6.07) is 0. The van der Waals surface area contributed by atoms with Crippen LogP contribution in [0.25, 0.3) is 0 Å². The third kappa shape index (κ3) is 3.83. The third-order valence-corrected chi connectivity index (χ3v) is 11.5. The molecule has 1 heterocycles. The van der Waals surface area contributed by atoms with Gasteiger partial charge in [0.25, 0.3) is 0 Å². The molecule has 24 heavy (non-hydrogen) atoms. The molecule has 1 aliphatic heterocycles. The van der Waals surface area contributed by atoms with E-state index in [4.69, 9.17) is 9.16 Å². The van der Waals surface area contributed by atoms with Crippen LogP contribution in [0.4, 0.5) is 0 Å². The zero-order valence-corrected chi connectivity index (χ0v) is 17.6. The minimum absolute atomic E-state index is 0.0335. The van der Waals surface area contributed by atoms with Gasteiger partial charge in [-0.05, 0) is 37.4 Å².